The van der Waals surface area contributed by atoms with E-state index in [9.17, 15) is 8.42 Å². The third-order valence-electron chi connectivity index (χ3n) is 3.26. The summed E-state index contributed by atoms with van der Waals surface area (Å²) in [6.45, 7) is 3.61. The van der Waals surface area contributed by atoms with E-state index in [4.69, 9.17) is 5.73 Å². The number of anilines is 1. The molecule has 0 spiro atoms. The zero-order valence-electron chi connectivity index (χ0n) is 10.4. The van der Waals surface area contributed by atoms with E-state index in [1.807, 2.05) is 6.92 Å². The molecule has 1 aromatic carbocycles. The van der Waals surface area contributed by atoms with Crippen LogP contribution in [0, 0.1) is 13.8 Å². The molecule has 17 heavy (non-hydrogen) atoms. The quantitative estimate of drug-likeness (QED) is 0.834. The van der Waals surface area contributed by atoms with Crippen LogP contribution in [0.1, 0.15) is 24.0 Å². The Morgan fingerprint density at radius 3 is 2.41 bits per heavy atom. The molecule has 0 bridgehead atoms. The maximum absolute atomic E-state index is 12.4. The molecule has 0 amide bonds. The average molecular weight is 254 g/mol. The second-order valence-electron chi connectivity index (χ2n) is 4.73. The van der Waals surface area contributed by atoms with E-state index in [0.29, 0.717) is 16.1 Å². The number of benzene rings is 1. The Bertz CT molecular complexity index is 548. The summed E-state index contributed by atoms with van der Waals surface area (Å²) >= 11 is 0. The van der Waals surface area contributed by atoms with Gasteiger partial charge in [0, 0.05) is 18.8 Å². The predicted molar refractivity (Wildman–Crippen MR) is 68.3 cm³/mol. The van der Waals surface area contributed by atoms with Crippen LogP contribution in [0.3, 0.4) is 0 Å². The topological polar surface area (TPSA) is 63.4 Å². The molecule has 4 nitrogen and oxygen atoms in total. The third-order valence-corrected chi connectivity index (χ3v) is 5.30. The molecule has 0 atom stereocenters. The molecule has 0 aromatic heterocycles. The van der Waals surface area contributed by atoms with Crippen molar-refractivity contribution < 1.29 is 8.42 Å². The molecule has 0 aliphatic heterocycles. The monoisotopic (exact) mass is 254 g/mol. The van der Waals surface area contributed by atoms with Crippen LogP contribution < -0.4 is 5.73 Å². The van der Waals surface area contributed by atoms with Gasteiger partial charge in [-0.15, -0.1) is 0 Å². The van der Waals surface area contributed by atoms with E-state index in [-0.39, 0.29) is 6.04 Å². The normalized spacial score (nSPS) is 16.5. The van der Waals surface area contributed by atoms with Crippen LogP contribution in [0.4, 0.5) is 5.69 Å². The van der Waals surface area contributed by atoms with Gasteiger partial charge in [0.25, 0.3) is 0 Å². The van der Waals surface area contributed by atoms with Gasteiger partial charge in [0.05, 0.1) is 4.90 Å². The van der Waals surface area contributed by atoms with Crippen molar-refractivity contribution in [2.75, 3.05) is 12.8 Å². The van der Waals surface area contributed by atoms with Crippen LogP contribution in [0.15, 0.2) is 17.0 Å². The van der Waals surface area contributed by atoms with Gasteiger partial charge in [-0.3, -0.25) is 0 Å². The molecule has 0 radical (unpaired) electrons. The number of hydrogen-bond donors (Lipinski definition) is 1. The molecule has 2 N–H and O–H groups in total. The van der Waals surface area contributed by atoms with Crippen LogP contribution in [0.2, 0.25) is 0 Å². The molecule has 1 saturated carbocycles. The Balaban J connectivity index is 2.52. The fourth-order valence-electron chi connectivity index (χ4n) is 1.91. The summed E-state index contributed by atoms with van der Waals surface area (Å²) in [5, 5.41) is 0. The van der Waals surface area contributed by atoms with Crippen molar-refractivity contribution in [3.05, 3.63) is 23.3 Å². The lowest BCUT2D eigenvalue weighted by atomic mass is 10.1. The van der Waals surface area contributed by atoms with Gasteiger partial charge >= 0.3 is 0 Å². The molecule has 2 rings (SSSR count). The zero-order valence-corrected chi connectivity index (χ0v) is 11.2. The lowest BCUT2D eigenvalue weighted by Crippen LogP contribution is -2.29. The Labute approximate surface area is 102 Å². The molecule has 94 valence electrons. The number of aryl methyl sites for hydroxylation is 1. The van der Waals surface area contributed by atoms with Gasteiger partial charge in [-0.25, -0.2) is 8.42 Å². The highest BCUT2D eigenvalue weighted by Gasteiger charge is 2.35. The maximum atomic E-state index is 12.4. The second kappa shape index (κ2) is 3.99. The highest BCUT2D eigenvalue weighted by Crippen LogP contribution is 2.32. The summed E-state index contributed by atoms with van der Waals surface area (Å²) in [7, 11) is -1.75. The highest BCUT2D eigenvalue weighted by atomic mass is 32.2. The van der Waals surface area contributed by atoms with E-state index < -0.39 is 10.0 Å². The first-order valence-electron chi connectivity index (χ1n) is 5.69. The van der Waals surface area contributed by atoms with E-state index in [2.05, 4.69) is 0 Å². The van der Waals surface area contributed by atoms with Crippen LogP contribution in [-0.4, -0.2) is 25.8 Å². The minimum Gasteiger partial charge on any atom is -0.398 e. The van der Waals surface area contributed by atoms with E-state index in [1.165, 1.54) is 4.31 Å². The van der Waals surface area contributed by atoms with E-state index in [0.717, 1.165) is 18.4 Å². The summed E-state index contributed by atoms with van der Waals surface area (Å²) in [4.78, 5) is 0.337. The molecule has 1 aliphatic carbocycles. The molecule has 1 aromatic rings. The largest absolute Gasteiger partial charge is 0.398 e. The Hall–Kier alpha value is -1.07. The number of sulfonamides is 1. The van der Waals surface area contributed by atoms with Crippen LogP contribution in [-0.2, 0) is 10.0 Å². The minimum absolute atomic E-state index is 0.168. The van der Waals surface area contributed by atoms with Gasteiger partial charge in [-0.1, -0.05) is 0 Å². The Kier molecular flexibility index (Phi) is 2.91. The summed E-state index contributed by atoms with van der Waals surface area (Å²) in [5.74, 6) is 0. The predicted octanol–water partition coefficient (Wildman–Crippen LogP) is 1.67. The lowest BCUT2D eigenvalue weighted by molar-refractivity contribution is 0.464. The number of nitrogen functional groups attached to an aromatic ring is 1. The van der Waals surface area contributed by atoms with Crippen LogP contribution in [0.5, 0.6) is 0 Å². The van der Waals surface area contributed by atoms with Crippen molar-refractivity contribution in [3.8, 4) is 0 Å². The van der Waals surface area contributed by atoms with E-state index in [1.54, 1.807) is 26.1 Å². The first-order valence-corrected chi connectivity index (χ1v) is 7.13. The molecule has 0 saturated heterocycles. The van der Waals surface area contributed by atoms with Gasteiger partial charge in [-0.05, 0) is 49.9 Å². The van der Waals surface area contributed by atoms with Gasteiger partial charge in [0.1, 0.15) is 0 Å². The van der Waals surface area contributed by atoms with Gasteiger partial charge in [-0.2, -0.15) is 4.31 Å². The number of nitrogens with zero attached hydrogens (tertiary/aromatic N) is 1. The number of rotatable bonds is 3. The Morgan fingerprint density at radius 2 is 1.88 bits per heavy atom. The first kappa shape index (κ1) is 12.4. The molecule has 0 heterocycles. The molecular weight excluding hydrogens is 236 g/mol. The maximum Gasteiger partial charge on any atom is 0.243 e. The second-order valence-corrected chi connectivity index (χ2v) is 6.70. The summed E-state index contributed by atoms with van der Waals surface area (Å²) in [6.07, 6.45) is 1.91. The van der Waals surface area contributed by atoms with Crippen molar-refractivity contribution in [3.63, 3.8) is 0 Å². The van der Waals surface area contributed by atoms with Crippen molar-refractivity contribution in [1.29, 1.82) is 0 Å². The van der Waals surface area contributed by atoms with Crippen LogP contribution >= 0.6 is 0 Å². The molecule has 1 aliphatic rings. The standard InChI is InChI=1S/C12H18N2O2S/c1-8-6-11(13)9(2)12(7-8)17(15,16)14(3)10-4-5-10/h6-7,10H,4-5,13H2,1-3H3. The fraction of sp³-hybridized carbons (Fsp3) is 0.500. The fourth-order valence-corrected chi connectivity index (χ4v) is 3.66. The smallest absolute Gasteiger partial charge is 0.243 e. The van der Waals surface area contributed by atoms with Gasteiger partial charge in [0.15, 0.2) is 0 Å². The van der Waals surface area contributed by atoms with Gasteiger partial charge in [0.2, 0.25) is 10.0 Å². The van der Waals surface area contributed by atoms with Gasteiger partial charge < -0.3 is 5.73 Å². The van der Waals surface area contributed by atoms with Crippen molar-refractivity contribution in [2.24, 2.45) is 0 Å². The molecule has 1 fully saturated rings. The minimum atomic E-state index is -3.40. The molecule has 5 heteroatoms. The summed E-state index contributed by atoms with van der Waals surface area (Å²) < 4.78 is 26.3. The van der Waals surface area contributed by atoms with Crippen molar-refractivity contribution >= 4 is 15.7 Å². The van der Waals surface area contributed by atoms with Crippen molar-refractivity contribution in [1.82, 2.24) is 4.31 Å². The van der Waals surface area contributed by atoms with Crippen LogP contribution in [0.25, 0.3) is 0 Å². The SMILES string of the molecule is Cc1cc(N)c(C)c(S(=O)(=O)N(C)C2CC2)c1. The molecule has 0 unspecified atom stereocenters. The Morgan fingerprint density at radius 1 is 1.29 bits per heavy atom. The summed E-state index contributed by atoms with van der Waals surface area (Å²) in [5.41, 5.74) is 7.87. The van der Waals surface area contributed by atoms with Crippen molar-refractivity contribution in [2.45, 2.75) is 37.6 Å². The average Bonchev–Trinajstić information content (AvgIpc) is 3.05. The third kappa shape index (κ3) is 2.17. The van der Waals surface area contributed by atoms with E-state index >= 15 is 0 Å². The highest BCUT2D eigenvalue weighted by molar-refractivity contribution is 7.89. The number of nitrogens with two attached hydrogens (primary N) is 1. The molecular formula is C12H18N2O2S. The summed E-state index contributed by atoms with van der Waals surface area (Å²) in [6, 6.07) is 3.66. The first-order chi connectivity index (χ1) is 7.84. The zero-order chi connectivity index (χ0) is 12.8. The lowest BCUT2D eigenvalue weighted by Gasteiger charge is -2.19. The number of hydrogen-bond acceptors (Lipinski definition) is 3.